The summed E-state index contributed by atoms with van der Waals surface area (Å²) in [5.41, 5.74) is 2.54. The SMILES string of the molecule is CC(C)C[C@H](NC(=O)c1ccccn1)C(=O)N[C@@H](C)C(=O)N[C@@H](Cc1ccccc1)C(=O)N[C@@H](Cc1ccccc1)C(=O)OCc1ccccc1. The fourth-order valence-electron chi connectivity index (χ4n) is 5.31. The second-order valence-corrected chi connectivity index (χ2v) is 12.7. The number of amides is 4. The van der Waals surface area contributed by atoms with Crippen molar-refractivity contribution < 1.29 is 28.7 Å². The minimum atomic E-state index is -1.10. The largest absolute Gasteiger partial charge is 0.459 e. The van der Waals surface area contributed by atoms with Gasteiger partial charge in [-0.1, -0.05) is 111 Å². The Bertz CT molecular complexity index is 1720. The van der Waals surface area contributed by atoms with Gasteiger partial charge in [0.15, 0.2) is 0 Å². The zero-order valence-electron chi connectivity index (χ0n) is 29.1. The van der Waals surface area contributed by atoms with E-state index in [1.165, 1.54) is 13.1 Å². The molecule has 266 valence electrons. The summed E-state index contributed by atoms with van der Waals surface area (Å²) < 4.78 is 5.61. The van der Waals surface area contributed by atoms with Gasteiger partial charge in [-0.3, -0.25) is 24.2 Å². The average molecular weight is 692 g/mol. The Labute approximate surface area is 298 Å². The molecule has 51 heavy (non-hydrogen) atoms. The minimum Gasteiger partial charge on any atom is -0.459 e. The van der Waals surface area contributed by atoms with E-state index in [0.717, 1.165) is 16.7 Å². The van der Waals surface area contributed by atoms with Gasteiger partial charge in [-0.15, -0.1) is 0 Å². The molecule has 0 aliphatic carbocycles. The van der Waals surface area contributed by atoms with Crippen molar-refractivity contribution in [2.75, 3.05) is 0 Å². The van der Waals surface area contributed by atoms with E-state index in [2.05, 4.69) is 26.3 Å². The van der Waals surface area contributed by atoms with E-state index < -0.39 is 53.8 Å². The van der Waals surface area contributed by atoms with Gasteiger partial charge in [0.2, 0.25) is 17.7 Å². The van der Waals surface area contributed by atoms with Crippen LogP contribution in [0.3, 0.4) is 0 Å². The van der Waals surface area contributed by atoms with Gasteiger partial charge >= 0.3 is 5.97 Å². The van der Waals surface area contributed by atoms with Crippen LogP contribution in [0.1, 0.15) is 54.4 Å². The first-order chi connectivity index (χ1) is 24.6. The first-order valence-corrected chi connectivity index (χ1v) is 17.0. The van der Waals surface area contributed by atoms with Crippen LogP contribution in [-0.4, -0.2) is 58.7 Å². The van der Waals surface area contributed by atoms with E-state index in [-0.39, 0.29) is 31.1 Å². The Morgan fingerprint density at radius 1 is 0.569 bits per heavy atom. The first-order valence-electron chi connectivity index (χ1n) is 17.0. The Hall–Kier alpha value is -5.84. The molecule has 0 aliphatic rings. The van der Waals surface area contributed by atoms with Crippen molar-refractivity contribution in [1.82, 2.24) is 26.3 Å². The maximum absolute atomic E-state index is 13.9. The number of nitrogens with one attached hydrogen (secondary N) is 4. The summed E-state index contributed by atoms with van der Waals surface area (Å²) in [7, 11) is 0. The van der Waals surface area contributed by atoms with Crippen LogP contribution in [0.2, 0.25) is 0 Å². The monoisotopic (exact) mass is 691 g/mol. The molecule has 0 unspecified atom stereocenters. The van der Waals surface area contributed by atoms with Gasteiger partial charge in [-0.05, 0) is 48.1 Å². The van der Waals surface area contributed by atoms with Crippen LogP contribution >= 0.6 is 0 Å². The molecule has 0 saturated heterocycles. The Morgan fingerprint density at radius 3 is 1.63 bits per heavy atom. The lowest BCUT2D eigenvalue weighted by Crippen LogP contribution is -2.58. The molecule has 1 aromatic heterocycles. The number of hydrogen-bond acceptors (Lipinski definition) is 7. The van der Waals surface area contributed by atoms with E-state index in [0.29, 0.717) is 6.42 Å². The smallest absolute Gasteiger partial charge is 0.329 e. The van der Waals surface area contributed by atoms with Gasteiger partial charge in [-0.2, -0.15) is 0 Å². The second-order valence-electron chi connectivity index (χ2n) is 12.7. The number of aromatic nitrogens is 1. The Balaban J connectivity index is 1.47. The second kappa shape index (κ2) is 19.4. The number of carbonyl (C=O) groups excluding carboxylic acids is 5. The third kappa shape index (κ3) is 12.5. The van der Waals surface area contributed by atoms with Gasteiger partial charge < -0.3 is 26.0 Å². The number of esters is 1. The van der Waals surface area contributed by atoms with Crippen molar-refractivity contribution in [2.24, 2.45) is 5.92 Å². The van der Waals surface area contributed by atoms with E-state index in [1.54, 1.807) is 18.2 Å². The highest BCUT2D eigenvalue weighted by Crippen LogP contribution is 2.11. The van der Waals surface area contributed by atoms with Crippen LogP contribution in [0.15, 0.2) is 115 Å². The van der Waals surface area contributed by atoms with Gasteiger partial charge in [0, 0.05) is 19.0 Å². The highest BCUT2D eigenvalue weighted by Gasteiger charge is 2.31. The van der Waals surface area contributed by atoms with Crippen LogP contribution in [-0.2, 0) is 43.4 Å². The van der Waals surface area contributed by atoms with Crippen molar-refractivity contribution in [1.29, 1.82) is 0 Å². The molecule has 4 rings (SSSR count). The lowest BCUT2D eigenvalue weighted by Gasteiger charge is -2.25. The molecule has 4 atom stereocenters. The van der Waals surface area contributed by atoms with E-state index in [4.69, 9.17) is 4.74 Å². The average Bonchev–Trinajstić information content (AvgIpc) is 3.14. The van der Waals surface area contributed by atoms with E-state index in [1.807, 2.05) is 105 Å². The number of carbonyl (C=O) groups is 5. The summed E-state index contributed by atoms with van der Waals surface area (Å²) in [5, 5.41) is 11.0. The van der Waals surface area contributed by atoms with Crippen molar-refractivity contribution in [3.63, 3.8) is 0 Å². The summed E-state index contributed by atoms with van der Waals surface area (Å²) in [5.74, 6) is -2.85. The molecule has 3 aromatic carbocycles. The molecule has 11 nitrogen and oxygen atoms in total. The molecule has 0 saturated carbocycles. The molecule has 0 bridgehead atoms. The van der Waals surface area contributed by atoms with Crippen molar-refractivity contribution in [2.45, 2.75) is 70.8 Å². The van der Waals surface area contributed by atoms with Gasteiger partial charge in [-0.25, -0.2) is 4.79 Å². The van der Waals surface area contributed by atoms with E-state index >= 15 is 0 Å². The lowest BCUT2D eigenvalue weighted by molar-refractivity contribution is -0.149. The van der Waals surface area contributed by atoms with Gasteiger partial charge in [0.25, 0.3) is 5.91 Å². The quantitative estimate of drug-likeness (QED) is 0.122. The summed E-state index contributed by atoms with van der Waals surface area (Å²) >= 11 is 0. The highest BCUT2D eigenvalue weighted by atomic mass is 16.5. The lowest BCUT2D eigenvalue weighted by atomic mass is 10.0. The first kappa shape index (κ1) is 38.0. The number of ether oxygens (including phenoxy) is 1. The maximum Gasteiger partial charge on any atom is 0.329 e. The highest BCUT2D eigenvalue weighted by molar-refractivity contribution is 5.98. The number of rotatable bonds is 17. The summed E-state index contributed by atoms with van der Waals surface area (Å²) in [6.45, 7) is 5.36. The number of hydrogen-bond donors (Lipinski definition) is 4. The normalized spacial score (nSPS) is 13.2. The van der Waals surface area contributed by atoms with Crippen LogP contribution in [0.25, 0.3) is 0 Å². The van der Waals surface area contributed by atoms with Crippen molar-refractivity contribution in [3.05, 3.63) is 138 Å². The summed E-state index contributed by atoms with van der Waals surface area (Å²) in [6.07, 6.45) is 2.09. The summed E-state index contributed by atoms with van der Waals surface area (Å²) in [4.78, 5) is 71.1. The van der Waals surface area contributed by atoms with Crippen LogP contribution in [0.5, 0.6) is 0 Å². The predicted molar refractivity (Wildman–Crippen MR) is 193 cm³/mol. The number of benzene rings is 3. The van der Waals surface area contributed by atoms with E-state index in [9.17, 15) is 24.0 Å². The van der Waals surface area contributed by atoms with Crippen LogP contribution in [0, 0.1) is 5.92 Å². The van der Waals surface area contributed by atoms with Crippen molar-refractivity contribution in [3.8, 4) is 0 Å². The van der Waals surface area contributed by atoms with Gasteiger partial charge in [0.05, 0.1) is 0 Å². The molecule has 4 amide bonds. The third-order valence-electron chi connectivity index (χ3n) is 8.00. The van der Waals surface area contributed by atoms with Gasteiger partial charge in [0.1, 0.15) is 36.5 Å². The van der Waals surface area contributed by atoms with Crippen LogP contribution < -0.4 is 21.3 Å². The Kier molecular flexibility index (Phi) is 14.4. The Morgan fingerprint density at radius 2 is 1.08 bits per heavy atom. The molecule has 0 spiro atoms. The predicted octanol–water partition coefficient (Wildman–Crippen LogP) is 3.93. The maximum atomic E-state index is 13.9. The minimum absolute atomic E-state index is 0.0301. The number of nitrogens with zero attached hydrogens (tertiary/aromatic N) is 1. The molecular weight excluding hydrogens is 646 g/mol. The molecule has 1 heterocycles. The van der Waals surface area contributed by atoms with Crippen LogP contribution in [0.4, 0.5) is 0 Å². The topological polar surface area (TPSA) is 156 Å². The fraction of sp³-hybridized carbons (Fsp3) is 0.300. The zero-order valence-corrected chi connectivity index (χ0v) is 29.1. The third-order valence-corrected chi connectivity index (χ3v) is 8.00. The van der Waals surface area contributed by atoms with Crippen molar-refractivity contribution >= 4 is 29.6 Å². The molecule has 4 aromatic rings. The molecule has 0 radical (unpaired) electrons. The molecule has 0 aliphatic heterocycles. The molecule has 0 fully saturated rings. The zero-order chi connectivity index (χ0) is 36.6. The molecular formula is C40H45N5O6. The summed E-state index contributed by atoms with van der Waals surface area (Å²) in [6, 6.07) is 28.3. The number of pyridine rings is 1. The standard InChI is InChI=1S/C40H45N5O6/c1-27(2)23-33(44-37(47)32-21-13-14-22-41-32)38(48)42-28(3)36(46)43-34(24-29-15-7-4-8-16-29)39(49)45-35(25-30-17-9-5-10-18-30)40(50)51-26-31-19-11-6-12-20-31/h4-22,27-28,33-35H,23-26H2,1-3H3,(H,42,48)(H,43,46)(H,44,47)(H,45,49)/t28-,33-,34-,35-/m0/s1. The molecule has 11 heteroatoms. The molecule has 4 N–H and O–H groups in total. The fourth-order valence-corrected chi connectivity index (χ4v) is 5.31.